The fourth-order valence-electron chi connectivity index (χ4n) is 2.15. The maximum atomic E-state index is 10.8. The topological polar surface area (TPSA) is 46.5 Å². The van der Waals surface area contributed by atoms with Gasteiger partial charge >= 0.3 is 5.97 Å². The van der Waals surface area contributed by atoms with Crippen molar-refractivity contribution in [2.45, 2.75) is 6.42 Å². The molecule has 0 atom stereocenters. The molecule has 1 heterocycles. The Morgan fingerprint density at radius 2 is 1.78 bits per heavy atom. The highest BCUT2D eigenvalue weighted by atomic mass is 16.5. The van der Waals surface area contributed by atoms with Crippen LogP contribution < -0.4 is 4.74 Å². The molecule has 3 rings (SSSR count). The van der Waals surface area contributed by atoms with Crippen LogP contribution in [0.3, 0.4) is 0 Å². The van der Waals surface area contributed by atoms with E-state index in [9.17, 15) is 4.79 Å². The molecule has 1 aliphatic rings. The highest BCUT2D eigenvalue weighted by Gasteiger charge is 2.12. The quantitative estimate of drug-likeness (QED) is 0.877. The van der Waals surface area contributed by atoms with Crippen LogP contribution in [0.25, 0.3) is 11.1 Å². The van der Waals surface area contributed by atoms with Gasteiger partial charge in [-0.3, -0.25) is 0 Å². The lowest BCUT2D eigenvalue weighted by molar-refractivity contribution is 0.0697. The Morgan fingerprint density at radius 3 is 2.50 bits per heavy atom. The smallest absolute Gasteiger partial charge is 0.335 e. The lowest BCUT2D eigenvalue weighted by Crippen LogP contribution is -1.94. The van der Waals surface area contributed by atoms with Crippen LogP contribution in [0.4, 0.5) is 0 Å². The fraction of sp³-hybridized carbons (Fsp3) is 0.133. The highest BCUT2D eigenvalue weighted by molar-refractivity contribution is 5.88. The van der Waals surface area contributed by atoms with Crippen LogP contribution in [0.15, 0.2) is 42.5 Å². The van der Waals surface area contributed by atoms with E-state index >= 15 is 0 Å². The second-order valence-electron chi connectivity index (χ2n) is 4.30. The first-order valence-electron chi connectivity index (χ1n) is 5.83. The van der Waals surface area contributed by atoms with Gasteiger partial charge in [-0.25, -0.2) is 4.79 Å². The van der Waals surface area contributed by atoms with Crippen molar-refractivity contribution in [3.05, 3.63) is 53.6 Å². The molecule has 18 heavy (non-hydrogen) atoms. The first-order chi connectivity index (χ1) is 8.74. The van der Waals surface area contributed by atoms with Crippen molar-refractivity contribution in [3.8, 4) is 16.9 Å². The van der Waals surface area contributed by atoms with Crippen LogP contribution in [0, 0.1) is 0 Å². The first-order valence-corrected chi connectivity index (χ1v) is 5.83. The van der Waals surface area contributed by atoms with E-state index in [0.717, 1.165) is 29.9 Å². The van der Waals surface area contributed by atoms with Crippen molar-refractivity contribution >= 4 is 5.97 Å². The number of fused-ring (bicyclic) bond motifs is 1. The number of ether oxygens (including phenoxy) is 1. The van der Waals surface area contributed by atoms with Gasteiger partial charge in [0.05, 0.1) is 12.2 Å². The van der Waals surface area contributed by atoms with Crippen LogP contribution >= 0.6 is 0 Å². The molecule has 0 bridgehead atoms. The van der Waals surface area contributed by atoms with Crippen LogP contribution in [-0.2, 0) is 6.42 Å². The van der Waals surface area contributed by atoms with Gasteiger partial charge in [0.1, 0.15) is 5.75 Å². The number of rotatable bonds is 2. The molecule has 2 aromatic carbocycles. The SMILES string of the molecule is O=C(O)c1ccc(-c2ccc3c(c2)OCC3)cc1. The number of carboxylic acids is 1. The number of carboxylic acid groups (broad SMARTS) is 1. The molecule has 3 heteroatoms. The summed E-state index contributed by atoms with van der Waals surface area (Å²) in [4.78, 5) is 10.8. The number of hydrogen-bond acceptors (Lipinski definition) is 2. The molecule has 0 fully saturated rings. The number of hydrogen-bond donors (Lipinski definition) is 1. The Kier molecular flexibility index (Phi) is 2.52. The number of benzene rings is 2. The molecule has 0 saturated heterocycles. The van der Waals surface area contributed by atoms with Gasteiger partial charge in [-0.05, 0) is 34.9 Å². The summed E-state index contributed by atoms with van der Waals surface area (Å²) in [5.41, 5.74) is 3.59. The molecule has 0 spiro atoms. The molecule has 0 unspecified atom stereocenters. The third-order valence-corrected chi connectivity index (χ3v) is 3.16. The number of carbonyl (C=O) groups is 1. The summed E-state index contributed by atoms with van der Waals surface area (Å²) in [6.45, 7) is 0.747. The standard InChI is InChI=1S/C15H12O3/c16-15(17)12-4-1-10(2-5-12)13-6-3-11-7-8-18-14(11)9-13/h1-6,9H,7-8H2,(H,16,17). The summed E-state index contributed by atoms with van der Waals surface area (Å²) in [5.74, 6) is 0.0358. The summed E-state index contributed by atoms with van der Waals surface area (Å²) in [7, 11) is 0. The minimum Gasteiger partial charge on any atom is -0.493 e. The summed E-state index contributed by atoms with van der Waals surface area (Å²) >= 11 is 0. The van der Waals surface area contributed by atoms with Crippen LogP contribution in [0.5, 0.6) is 5.75 Å². The van der Waals surface area contributed by atoms with Gasteiger partial charge in [0.2, 0.25) is 0 Å². The Bertz CT molecular complexity index is 600. The van der Waals surface area contributed by atoms with E-state index < -0.39 is 5.97 Å². The van der Waals surface area contributed by atoms with Crippen molar-refractivity contribution in [2.75, 3.05) is 6.61 Å². The average molecular weight is 240 g/mol. The maximum Gasteiger partial charge on any atom is 0.335 e. The predicted molar refractivity (Wildman–Crippen MR) is 68.0 cm³/mol. The van der Waals surface area contributed by atoms with Crippen molar-refractivity contribution in [1.82, 2.24) is 0 Å². The molecule has 2 aromatic rings. The van der Waals surface area contributed by atoms with Gasteiger partial charge < -0.3 is 9.84 Å². The zero-order valence-electron chi connectivity index (χ0n) is 9.72. The predicted octanol–water partition coefficient (Wildman–Crippen LogP) is 2.99. The molecule has 1 aliphatic heterocycles. The Balaban J connectivity index is 1.97. The minimum absolute atomic E-state index is 0.302. The third kappa shape index (κ3) is 1.84. The maximum absolute atomic E-state index is 10.8. The van der Waals surface area contributed by atoms with Crippen molar-refractivity contribution < 1.29 is 14.6 Å². The van der Waals surface area contributed by atoms with E-state index in [-0.39, 0.29) is 0 Å². The normalized spacial score (nSPS) is 12.9. The van der Waals surface area contributed by atoms with E-state index in [2.05, 4.69) is 6.07 Å². The molecule has 1 N–H and O–H groups in total. The van der Waals surface area contributed by atoms with E-state index in [4.69, 9.17) is 9.84 Å². The van der Waals surface area contributed by atoms with Gasteiger partial charge in [-0.2, -0.15) is 0 Å². The Labute approximate surface area is 105 Å². The first kappa shape index (κ1) is 10.8. The minimum atomic E-state index is -0.904. The lowest BCUT2D eigenvalue weighted by atomic mass is 10.0. The van der Waals surface area contributed by atoms with Crippen LogP contribution in [-0.4, -0.2) is 17.7 Å². The Morgan fingerprint density at radius 1 is 1.06 bits per heavy atom. The van der Waals surface area contributed by atoms with Gasteiger partial charge in [0, 0.05) is 6.42 Å². The van der Waals surface area contributed by atoms with Gasteiger partial charge in [-0.1, -0.05) is 24.3 Å². The molecule has 0 aromatic heterocycles. The van der Waals surface area contributed by atoms with Gasteiger partial charge in [0.15, 0.2) is 0 Å². The molecule has 0 aliphatic carbocycles. The van der Waals surface area contributed by atoms with E-state index in [1.54, 1.807) is 12.1 Å². The van der Waals surface area contributed by atoms with Crippen LogP contribution in [0.1, 0.15) is 15.9 Å². The van der Waals surface area contributed by atoms with E-state index in [1.165, 1.54) is 5.56 Å². The zero-order valence-corrected chi connectivity index (χ0v) is 9.72. The van der Waals surface area contributed by atoms with Crippen LogP contribution in [0.2, 0.25) is 0 Å². The van der Waals surface area contributed by atoms with E-state index in [0.29, 0.717) is 5.56 Å². The molecular formula is C15H12O3. The van der Waals surface area contributed by atoms with Gasteiger partial charge in [-0.15, -0.1) is 0 Å². The Hall–Kier alpha value is -2.29. The molecular weight excluding hydrogens is 228 g/mol. The third-order valence-electron chi connectivity index (χ3n) is 3.16. The lowest BCUT2D eigenvalue weighted by Gasteiger charge is -2.05. The number of aromatic carboxylic acids is 1. The summed E-state index contributed by atoms with van der Waals surface area (Å²) in [6, 6.07) is 13.0. The second-order valence-corrected chi connectivity index (χ2v) is 4.30. The molecule has 3 nitrogen and oxygen atoms in total. The fourth-order valence-corrected chi connectivity index (χ4v) is 2.15. The summed E-state index contributed by atoms with van der Waals surface area (Å²) < 4.78 is 5.53. The largest absolute Gasteiger partial charge is 0.493 e. The monoisotopic (exact) mass is 240 g/mol. The molecule has 0 saturated carbocycles. The highest BCUT2D eigenvalue weighted by Crippen LogP contribution is 2.31. The molecule has 90 valence electrons. The van der Waals surface area contributed by atoms with Crippen molar-refractivity contribution in [3.63, 3.8) is 0 Å². The van der Waals surface area contributed by atoms with Crippen molar-refractivity contribution in [1.29, 1.82) is 0 Å². The van der Waals surface area contributed by atoms with Crippen molar-refractivity contribution in [2.24, 2.45) is 0 Å². The van der Waals surface area contributed by atoms with Gasteiger partial charge in [0.25, 0.3) is 0 Å². The molecule has 0 amide bonds. The second kappa shape index (κ2) is 4.18. The molecule has 0 radical (unpaired) electrons. The summed E-state index contributed by atoms with van der Waals surface area (Å²) in [6.07, 6.45) is 0.966. The summed E-state index contributed by atoms with van der Waals surface area (Å²) in [5, 5.41) is 8.85. The van der Waals surface area contributed by atoms with E-state index in [1.807, 2.05) is 24.3 Å². The average Bonchev–Trinajstić information content (AvgIpc) is 2.86. The zero-order chi connectivity index (χ0) is 12.5.